The van der Waals surface area contributed by atoms with Crippen molar-refractivity contribution in [1.82, 2.24) is 0 Å². The maximum atomic E-state index is 11.8. The molecule has 2 saturated carbocycles. The average molecular weight is 285 g/mol. The number of nitrogens with two attached hydrogens (primary N) is 1. The van der Waals surface area contributed by atoms with E-state index in [9.17, 15) is 4.79 Å². The normalized spacial score (nSPS) is 31.8. The Kier molecular flexibility index (Phi) is 5.58. The molecule has 0 aromatic rings. The number of hydrogen-bond acceptors (Lipinski definition) is 4. The lowest BCUT2D eigenvalue weighted by Crippen LogP contribution is -2.51. The summed E-state index contributed by atoms with van der Waals surface area (Å²) in [5.74, 6) is 3.48. The zero-order valence-corrected chi connectivity index (χ0v) is 12.8. The Balaban J connectivity index is 1.70. The van der Waals surface area contributed by atoms with Crippen LogP contribution in [-0.2, 0) is 9.53 Å². The van der Waals surface area contributed by atoms with Crippen molar-refractivity contribution in [2.24, 2.45) is 17.6 Å². The van der Waals surface area contributed by atoms with Crippen molar-refractivity contribution < 1.29 is 9.53 Å². The summed E-state index contributed by atoms with van der Waals surface area (Å²) in [4.78, 5) is 11.8. The van der Waals surface area contributed by atoms with Crippen LogP contribution in [0.5, 0.6) is 0 Å². The van der Waals surface area contributed by atoms with Crippen LogP contribution in [-0.4, -0.2) is 30.1 Å². The highest BCUT2D eigenvalue weighted by Crippen LogP contribution is 2.38. The molecule has 2 unspecified atom stereocenters. The van der Waals surface area contributed by atoms with E-state index in [0.29, 0.717) is 5.92 Å². The van der Waals surface area contributed by atoms with Gasteiger partial charge in [0.25, 0.3) is 0 Å². The molecule has 4 heteroatoms. The van der Waals surface area contributed by atoms with Crippen molar-refractivity contribution >= 4 is 17.7 Å². The molecule has 2 aliphatic carbocycles. The number of hydrogen-bond donors (Lipinski definition) is 1. The van der Waals surface area contributed by atoms with Crippen LogP contribution < -0.4 is 5.73 Å². The van der Waals surface area contributed by atoms with Gasteiger partial charge in [-0.25, -0.2) is 0 Å². The maximum Gasteiger partial charge on any atom is 0.326 e. The molecule has 2 rings (SSSR count). The summed E-state index contributed by atoms with van der Waals surface area (Å²) in [7, 11) is 1.45. The van der Waals surface area contributed by atoms with Gasteiger partial charge >= 0.3 is 5.97 Å². The average Bonchev–Trinajstić information content (AvgIpc) is 3.04. The first-order valence-electron chi connectivity index (χ1n) is 7.62. The second-order valence-corrected chi connectivity index (χ2v) is 7.29. The summed E-state index contributed by atoms with van der Waals surface area (Å²) in [6, 6.07) is 0. The molecule has 2 aliphatic rings. The molecule has 0 amide bonds. The van der Waals surface area contributed by atoms with E-state index in [1.54, 1.807) is 0 Å². The lowest BCUT2D eigenvalue weighted by Gasteiger charge is -2.28. The highest BCUT2D eigenvalue weighted by atomic mass is 32.2. The number of ether oxygens (including phenoxy) is 1. The third-order valence-corrected chi connectivity index (χ3v) is 6.11. The zero-order valence-electron chi connectivity index (χ0n) is 12.0. The van der Waals surface area contributed by atoms with Gasteiger partial charge in [0, 0.05) is 0 Å². The molecule has 0 spiro atoms. The van der Waals surface area contributed by atoms with E-state index in [-0.39, 0.29) is 5.97 Å². The molecule has 2 atom stereocenters. The minimum atomic E-state index is -0.706. The maximum absolute atomic E-state index is 11.8. The molecule has 3 nitrogen and oxygen atoms in total. The molecular formula is C15H27NO2S. The molecule has 0 saturated heterocycles. The third-order valence-electron chi connectivity index (χ3n) is 4.88. The highest BCUT2D eigenvalue weighted by molar-refractivity contribution is 7.99. The van der Waals surface area contributed by atoms with Crippen LogP contribution in [0.4, 0.5) is 0 Å². The number of carbonyl (C=O) groups is 1. The number of methoxy groups -OCH3 is 1. The van der Waals surface area contributed by atoms with Crippen molar-refractivity contribution in [2.45, 2.75) is 56.9 Å². The second-order valence-electron chi connectivity index (χ2n) is 6.14. The molecule has 2 N–H and O–H groups in total. The topological polar surface area (TPSA) is 52.3 Å². The number of esters is 1. The van der Waals surface area contributed by atoms with Gasteiger partial charge in [0.05, 0.1) is 7.11 Å². The smallest absolute Gasteiger partial charge is 0.326 e. The lowest BCUT2D eigenvalue weighted by molar-refractivity contribution is -0.148. The van der Waals surface area contributed by atoms with Gasteiger partial charge in [-0.15, -0.1) is 0 Å². The van der Waals surface area contributed by atoms with E-state index in [1.165, 1.54) is 38.5 Å². The summed E-state index contributed by atoms with van der Waals surface area (Å²) in [5, 5.41) is 0. The Morgan fingerprint density at radius 2 is 2.05 bits per heavy atom. The molecule has 0 aromatic heterocycles. The largest absolute Gasteiger partial charge is 0.468 e. The first-order chi connectivity index (χ1) is 9.16. The fourth-order valence-corrected chi connectivity index (χ4v) is 4.90. The predicted molar refractivity (Wildman–Crippen MR) is 80.2 cm³/mol. The van der Waals surface area contributed by atoms with Crippen LogP contribution in [0.2, 0.25) is 0 Å². The molecule has 0 aromatic carbocycles. The van der Waals surface area contributed by atoms with Crippen LogP contribution in [0, 0.1) is 11.8 Å². The molecule has 0 aliphatic heterocycles. The van der Waals surface area contributed by atoms with E-state index < -0.39 is 5.54 Å². The van der Waals surface area contributed by atoms with Crippen LogP contribution in [0.15, 0.2) is 0 Å². The van der Waals surface area contributed by atoms with Crippen LogP contribution >= 0.6 is 11.8 Å². The van der Waals surface area contributed by atoms with Gasteiger partial charge in [-0.05, 0) is 55.4 Å². The summed E-state index contributed by atoms with van der Waals surface area (Å²) in [6.45, 7) is 0. The van der Waals surface area contributed by atoms with E-state index in [0.717, 1.165) is 37.4 Å². The Labute approximate surface area is 121 Å². The van der Waals surface area contributed by atoms with Crippen molar-refractivity contribution in [3.05, 3.63) is 0 Å². The molecule has 0 heterocycles. The molecular weight excluding hydrogens is 258 g/mol. The van der Waals surface area contributed by atoms with Gasteiger partial charge in [0.1, 0.15) is 5.54 Å². The minimum absolute atomic E-state index is 0.212. The number of thioether (sulfide) groups is 1. The summed E-state index contributed by atoms with van der Waals surface area (Å²) < 4.78 is 4.88. The van der Waals surface area contributed by atoms with E-state index in [4.69, 9.17) is 10.5 Å². The Morgan fingerprint density at radius 1 is 1.32 bits per heavy atom. The highest BCUT2D eigenvalue weighted by Gasteiger charge is 2.46. The Morgan fingerprint density at radius 3 is 2.74 bits per heavy atom. The quantitative estimate of drug-likeness (QED) is 0.602. The SMILES string of the molecule is COC(=O)C1(N)CCCC1CCSCC1CCCC1. The molecule has 19 heavy (non-hydrogen) atoms. The van der Waals surface area contributed by atoms with Gasteiger partial charge in [0.2, 0.25) is 0 Å². The standard InChI is InChI=1S/C15H27NO2S/c1-18-14(17)15(16)9-4-7-13(15)8-10-19-11-12-5-2-3-6-12/h12-13H,2-11,16H2,1H3. The van der Waals surface area contributed by atoms with E-state index in [1.807, 2.05) is 11.8 Å². The lowest BCUT2D eigenvalue weighted by atomic mass is 9.86. The second kappa shape index (κ2) is 6.98. The first kappa shape index (κ1) is 15.2. The van der Waals surface area contributed by atoms with Crippen LogP contribution in [0.3, 0.4) is 0 Å². The van der Waals surface area contributed by atoms with Gasteiger partial charge in [-0.2, -0.15) is 11.8 Å². The van der Waals surface area contributed by atoms with Crippen molar-refractivity contribution in [2.75, 3.05) is 18.6 Å². The van der Waals surface area contributed by atoms with Gasteiger partial charge < -0.3 is 10.5 Å². The fraction of sp³-hybridized carbons (Fsp3) is 0.933. The third kappa shape index (κ3) is 3.66. The van der Waals surface area contributed by atoms with Crippen molar-refractivity contribution in [3.8, 4) is 0 Å². The molecule has 110 valence electrons. The van der Waals surface area contributed by atoms with Crippen molar-refractivity contribution in [1.29, 1.82) is 0 Å². The number of carbonyl (C=O) groups excluding carboxylic acids is 1. The molecule has 0 radical (unpaired) electrons. The zero-order chi connectivity index (χ0) is 13.7. The molecule has 0 bridgehead atoms. The summed E-state index contributed by atoms with van der Waals surface area (Å²) in [6.07, 6.45) is 9.66. The van der Waals surface area contributed by atoms with E-state index in [2.05, 4.69) is 0 Å². The van der Waals surface area contributed by atoms with Crippen LogP contribution in [0.25, 0.3) is 0 Å². The van der Waals surface area contributed by atoms with E-state index >= 15 is 0 Å². The Hall–Kier alpha value is -0.220. The van der Waals surface area contributed by atoms with Gasteiger partial charge in [0.15, 0.2) is 0 Å². The number of rotatable bonds is 6. The van der Waals surface area contributed by atoms with Gasteiger partial charge in [-0.1, -0.05) is 19.3 Å². The minimum Gasteiger partial charge on any atom is -0.468 e. The van der Waals surface area contributed by atoms with Crippen LogP contribution in [0.1, 0.15) is 51.4 Å². The summed E-state index contributed by atoms with van der Waals surface area (Å²) in [5.41, 5.74) is 5.57. The fourth-order valence-electron chi connectivity index (χ4n) is 3.62. The Bertz CT molecular complexity index is 305. The monoisotopic (exact) mass is 285 g/mol. The first-order valence-corrected chi connectivity index (χ1v) is 8.77. The van der Waals surface area contributed by atoms with Gasteiger partial charge in [-0.3, -0.25) is 4.79 Å². The van der Waals surface area contributed by atoms with Crippen molar-refractivity contribution in [3.63, 3.8) is 0 Å². The summed E-state index contributed by atoms with van der Waals surface area (Å²) >= 11 is 2.05. The predicted octanol–water partition coefficient (Wildman–Crippen LogP) is 2.97. The molecule has 2 fully saturated rings.